The molecule has 1 aromatic carbocycles. The van der Waals surface area contributed by atoms with Crippen molar-refractivity contribution in [1.29, 1.82) is 0 Å². The van der Waals surface area contributed by atoms with Crippen LogP contribution in [0.3, 0.4) is 0 Å². The molecule has 1 atom stereocenters. The van der Waals surface area contributed by atoms with E-state index in [-0.39, 0.29) is 11.8 Å². The molecule has 122 valence electrons. The van der Waals surface area contributed by atoms with Crippen LogP contribution in [0.15, 0.2) is 30.3 Å². The average Bonchev–Trinajstić information content (AvgIpc) is 2.52. The van der Waals surface area contributed by atoms with E-state index in [2.05, 4.69) is 5.32 Å². The first-order valence-electron chi connectivity index (χ1n) is 8.76. The van der Waals surface area contributed by atoms with E-state index >= 15 is 0 Å². The number of primary amides is 1. The van der Waals surface area contributed by atoms with Gasteiger partial charge in [0.05, 0.1) is 0 Å². The standard InChI is InChI=1S/C19H24N2O2/c20-18(22)17(13-4-2-1-3-5-13)21-19(23)16-14-7-11-6-12(9-14)10-15(16)8-11/h1-5,11-12,14-17H,6-10H2,(H2,20,22)(H,21,23). The lowest BCUT2D eigenvalue weighted by Gasteiger charge is -2.53. The van der Waals surface area contributed by atoms with Crippen LogP contribution in [0.5, 0.6) is 0 Å². The van der Waals surface area contributed by atoms with Gasteiger partial charge in [-0.2, -0.15) is 0 Å². The summed E-state index contributed by atoms with van der Waals surface area (Å²) in [5, 5.41) is 2.95. The molecule has 3 N–H and O–H groups in total. The molecule has 0 aromatic heterocycles. The predicted octanol–water partition coefficient (Wildman–Crippen LogP) is 2.40. The Kier molecular flexibility index (Phi) is 3.63. The topological polar surface area (TPSA) is 72.2 Å². The van der Waals surface area contributed by atoms with Crippen LogP contribution in [0.2, 0.25) is 0 Å². The fraction of sp³-hybridized carbons (Fsp3) is 0.579. The summed E-state index contributed by atoms with van der Waals surface area (Å²) in [4.78, 5) is 24.7. The van der Waals surface area contributed by atoms with Crippen molar-refractivity contribution in [2.75, 3.05) is 0 Å². The Labute approximate surface area is 136 Å². The third-order valence-corrected chi connectivity index (χ3v) is 6.23. The molecule has 0 radical (unpaired) electrons. The minimum absolute atomic E-state index is 0.0338. The maximum Gasteiger partial charge on any atom is 0.244 e. The van der Waals surface area contributed by atoms with Crippen molar-refractivity contribution >= 4 is 11.8 Å². The second-order valence-corrected chi connectivity index (χ2v) is 7.71. The van der Waals surface area contributed by atoms with Gasteiger partial charge in [-0.25, -0.2) is 0 Å². The molecule has 4 saturated carbocycles. The number of rotatable bonds is 4. The van der Waals surface area contributed by atoms with Crippen LogP contribution in [-0.4, -0.2) is 11.8 Å². The first-order valence-corrected chi connectivity index (χ1v) is 8.76. The molecule has 2 amide bonds. The molecule has 0 aliphatic heterocycles. The molecule has 0 heterocycles. The molecule has 4 heteroatoms. The fourth-order valence-corrected chi connectivity index (χ4v) is 5.56. The quantitative estimate of drug-likeness (QED) is 0.896. The number of hydrogen-bond donors (Lipinski definition) is 2. The zero-order chi connectivity index (χ0) is 16.0. The zero-order valence-corrected chi connectivity index (χ0v) is 13.3. The molecular formula is C19H24N2O2. The fourth-order valence-electron chi connectivity index (χ4n) is 5.56. The van der Waals surface area contributed by atoms with Gasteiger partial charge in [-0.1, -0.05) is 30.3 Å². The molecule has 1 aromatic rings. The molecule has 0 saturated heterocycles. The van der Waals surface area contributed by atoms with Crippen molar-refractivity contribution in [1.82, 2.24) is 5.32 Å². The minimum Gasteiger partial charge on any atom is -0.368 e. The van der Waals surface area contributed by atoms with Gasteiger partial charge in [-0.15, -0.1) is 0 Å². The maximum atomic E-state index is 12.9. The van der Waals surface area contributed by atoms with Crippen LogP contribution >= 0.6 is 0 Å². The van der Waals surface area contributed by atoms with Crippen LogP contribution < -0.4 is 11.1 Å². The highest BCUT2D eigenvalue weighted by Crippen LogP contribution is 2.56. The number of carbonyl (C=O) groups excluding carboxylic acids is 2. The van der Waals surface area contributed by atoms with Gasteiger partial charge in [0.25, 0.3) is 0 Å². The Balaban J connectivity index is 1.51. The molecule has 0 spiro atoms. The maximum absolute atomic E-state index is 12.9. The molecule has 4 fully saturated rings. The normalized spacial score (nSPS) is 35.7. The third-order valence-electron chi connectivity index (χ3n) is 6.23. The van der Waals surface area contributed by atoms with Gasteiger partial charge in [0.2, 0.25) is 11.8 Å². The summed E-state index contributed by atoms with van der Waals surface area (Å²) >= 11 is 0. The Bertz CT molecular complexity index is 585. The van der Waals surface area contributed by atoms with Gasteiger partial charge in [0.15, 0.2) is 0 Å². The van der Waals surface area contributed by atoms with Gasteiger partial charge < -0.3 is 11.1 Å². The first kappa shape index (κ1) is 14.7. The van der Waals surface area contributed by atoms with Gasteiger partial charge in [-0.05, 0) is 61.3 Å². The highest BCUT2D eigenvalue weighted by Gasteiger charge is 2.51. The molecule has 5 rings (SSSR count). The van der Waals surface area contributed by atoms with Crippen molar-refractivity contribution in [3.63, 3.8) is 0 Å². The predicted molar refractivity (Wildman–Crippen MR) is 87.1 cm³/mol. The van der Waals surface area contributed by atoms with Crippen LogP contribution in [0.4, 0.5) is 0 Å². The summed E-state index contributed by atoms with van der Waals surface area (Å²) < 4.78 is 0. The van der Waals surface area contributed by atoms with E-state index in [1.807, 2.05) is 30.3 Å². The largest absolute Gasteiger partial charge is 0.368 e. The summed E-state index contributed by atoms with van der Waals surface area (Å²) in [6.45, 7) is 0. The number of nitrogens with two attached hydrogens (primary N) is 1. The van der Waals surface area contributed by atoms with E-state index < -0.39 is 11.9 Å². The summed E-state index contributed by atoms with van der Waals surface area (Å²) in [6, 6.07) is 8.57. The number of hydrogen-bond acceptors (Lipinski definition) is 2. The molecule has 4 bridgehead atoms. The van der Waals surface area contributed by atoms with Gasteiger partial charge in [0, 0.05) is 5.92 Å². The van der Waals surface area contributed by atoms with Crippen molar-refractivity contribution in [3.05, 3.63) is 35.9 Å². The molecule has 23 heavy (non-hydrogen) atoms. The van der Waals surface area contributed by atoms with E-state index in [1.54, 1.807) is 0 Å². The number of nitrogens with one attached hydrogen (secondary N) is 1. The lowest BCUT2D eigenvalue weighted by molar-refractivity contribution is -0.140. The summed E-state index contributed by atoms with van der Waals surface area (Å²) in [6.07, 6.45) is 6.14. The van der Waals surface area contributed by atoms with Gasteiger partial charge in [0.1, 0.15) is 6.04 Å². The summed E-state index contributed by atoms with van der Waals surface area (Å²) in [7, 11) is 0. The molecule has 4 aliphatic carbocycles. The highest BCUT2D eigenvalue weighted by atomic mass is 16.2. The summed E-state index contributed by atoms with van der Waals surface area (Å²) in [5.41, 5.74) is 6.30. The van der Waals surface area contributed by atoms with E-state index in [9.17, 15) is 9.59 Å². The zero-order valence-electron chi connectivity index (χ0n) is 13.3. The van der Waals surface area contributed by atoms with E-state index in [1.165, 1.54) is 32.1 Å². The minimum atomic E-state index is -0.721. The third kappa shape index (κ3) is 2.64. The van der Waals surface area contributed by atoms with Crippen molar-refractivity contribution in [3.8, 4) is 0 Å². The Morgan fingerprint density at radius 2 is 1.52 bits per heavy atom. The highest BCUT2D eigenvalue weighted by molar-refractivity contribution is 5.88. The van der Waals surface area contributed by atoms with Crippen molar-refractivity contribution in [2.24, 2.45) is 35.3 Å². The lowest BCUT2D eigenvalue weighted by atomic mass is 9.51. The van der Waals surface area contributed by atoms with E-state index in [0.717, 1.165) is 17.4 Å². The van der Waals surface area contributed by atoms with Crippen LogP contribution in [0, 0.1) is 29.6 Å². The number of carbonyl (C=O) groups is 2. The van der Waals surface area contributed by atoms with E-state index in [4.69, 9.17) is 5.73 Å². The molecule has 4 nitrogen and oxygen atoms in total. The molecule has 4 aliphatic rings. The Morgan fingerprint density at radius 3 is 2.04 bits per heavy atom. The monoisotopic (exact) mass is 312 g/mol. The summed E-state index contributed by atoms with van der Waals surface area (Å²) in [5.74, 6) is 2.31. The number of amides is 2. The molecule has 1 unspecified atom stereocenters. The Hall–Kier alpha value is -1.84. The second kappa shape index (κ2) is 5.66. The second-order valence-electron chi connectivity index (χ2n) is 7.71. The van der Waals surface area contributed by atoms with Crippen LogP contribution in [0.25, 0.3) is 0 Å². The lowest BCUT2D eigenvalue weighted by Crippen LogP contribution is -2.52. The smallest absolute Gasteiger partial charge is 0.244 e. The van der Waals surface area contributed by atoms with Crippen LogP contribution in [-0.2, 0) is 9.59 Å². The first-order chi connectivity index (χ1) is 11.1. The Morgan fingerprint density at radius 1 is 0.957 bits per heavy atom. The van der Waals surface area contributed by atoms with Gasteiger partial charge in [-0.3, -0.25) is 9.59 Å². The molecular weight excluding hydrogens is 288 g/mol. The number of benzene rings is 1. The average molecular weight is 312 g/mol. The van der Waals surface area contributed by atoms with Crippen LogP contribution in [0.1, 0.15) is 43.7 Å². The van der Waals surface area contributed by atoms with Crippen molar-refractivity contribution < 1.29 is 9.59 Å². The SMILES string of the molecule is NC(=O)C(NC(=O)C1C2CC3CC(C2)CC1C3)c1ccccc1. The van der Waals surface area contributed by atoms with E-state index in [0.29, 0.717) is 11.8 Å². The van der Waals surface area contributed by atoms with Gasteiger partial charge >= 0.3 is 0 Å². The van der Waals surface area contributed by atoms with Crippen molar-refractivity contribution in [2.45, 2.75) is 38.1 Å².